The number of nitrogens with zero attached hydrogens (tertiary/aromatic N) is 1. The zero-order valence-electron chi connectivity index (χ0n) is 12.9. The van der Waals surface area contributed by atoms with Crippen LogP contribution in [0.25, 0.3) is 0 Å². The molecule has 1 heterocycles. The number of carbonyl (C=O) groups is 1. The van der Waals surface area contributed by atoms with Crippen molar-refractivity contribution >= 4 is 6.09 Å². The summed E-state index contributed by atoms with van der Waals surface area (Å²) in [5.41, 5.74) is -0.430. The lowest BCUT2D eigenvalue weighted by molar-refractivity contribution is 0.0189. The van der Waals surface area contributed by atoms with Crippen molar-refractivity contribution in [1.82, 2.24) is 10.2 Å². The fourth-order valence-electron chi connectivity index (χ4n) is 2.99. The van der Waals surface area contributed by atoms with E-state index in [9.17, 15) is 9.90 Å². The summed E-state index contributed by atoms with van der Waals surface area (Å²) in [6.45, 7) is 7.13. The van der Waals surface area contributed by atoms with Gasteiger partial charge in [-0.05, 0) is 52.9 Å². The van der Waals surface area contributed by atoms with Gasteiger partial charge in [-0.15, -0.1) is 0 Å². The van der Waals surface area contributed by atoms with Gasteiger partial charge in [0.25, 0.3) is 0 Å². The van der Waals surface area contributed by atoms with Crippen LogP contribution in [0.4, 0.5) is 4.79 Å². The lowest BCUT2D eigenvalue weighted by Gasteiger charge is -2.35. The summed E-state index contributed by atoms with van der Waals surface area (Å²) in [6, 6.07) is 0.652. The van der Waals surface area contributed by atoms with Crippen LogP contribution >= 0.6 is 0 Å². The first-order chi connectivity index (χ1) is 9.35. The Balaban J connectivity index is 1.73. The molecule has 0 bridgehead atoms. The SMILES string of the molecule is CC(C)(C)OC(=O)N1CCC(N[C@@H]2CCC[C@H]2O)CC1. The Morgan fingerprint density at radius 3 is 2.35 bits per heavy atom. The highest BCUT2D eigenvalue weighted by Crippen LogP contribution is 2.22. The van der Waals surface area contributed by atoms with Crippen LogP contribution in [0.15, 0.2) is 0 Å². The molecule has 20 heavy (non-hydrogen) atoms. The molecule has 0 spiro atoms. The molecule has 5 heteroatoms. The fraction of sp³-hybridized carbons (Fsp3) is 0.933. The van der Waals surface area contributed by atoms with Crippen molar-refractivity contribution in [3.8, 4) is 0 Å². The Labute approximate surface area is 121 Å². The van der Waals surface area contributed by atoms with Gasteiger partial charge in [0, 0.05) is 25.2 Å². The summed E-state index contributed by atoms with van der Waals surface area (Å²) in [6.07, 6.45) is 4.54. The summed E-state index contributed by atoms with van der Waals surface area (Å²) >= 11 is 0. The van der Waals surface area contributed by atoms with Crippen molar-refractivity contribution in [3.05, 3.63) is 0 Å². The van der Waals surface area contributed by atoms with Gasteiger partial charge in [0.2, 0.25) is 0 Å². The van der Waals surface area contributed by atoms with E-state index in [1.807, 2.05) is 20.8 Å². The highest BCUT2D eigenvalue weighted by molar-refractivity contribution is 5.68. The molecule has 1 saturated heterocycles. The Bertz CT molecular complexity index is 333. The lowest BCUT2D eigenvalue weighted by Crippen LogP contribution is -2.50. The molecule has 0 aromatic carbocycles. The van der Waals surface area contributed by atoms with Crippen molar-refractivity contribution in [3.63, 3.8) is 0 Å². The van der Waals surface area contributed by atoms with Crippen LogP contribution in [0.5, 0.6) is 0 Å². The number of carbonyl (C=O) groups excluding carboxylic acids is 1. The molecular weight excluding hydrogens is 256 g/mol. The molecule has 2 N–H and O–H groups in total. The average molecular weight is 284 g/mol. The Morgan fingerprint density at radius 1 is 1.20 bits per heavy atom. The molecule has 1 aliphatic heterocycles. The fourth-order valence-corrected chi connectivity index (χ4v) is 2.99. The number of likely N-dealkylation sites (tertiary alicyclic amines) is 1. The van der Waals surface area contributed by atoms with Gasteiger partial charge < -0.3 is 20.1 Å². The van der Waals surface area contributed by atoms with E-state index in [1.165, 1.54) is 0 Å². The number of hydrogen-bond donors (Lipinski definition) is 2. The molecule has 1 amide bonds. The number of aliphatic hydroxyl groups is 1. The number of aliphatic hydroxyl groups excluding tert-OH is 1. The quantitative estimate of drug-likeness (QED) is 0.813. The second kappa shape index (κ2) is 6.31. The monoisotopic (exact) mass is 284 g/mol. The maximum Gasteiger partial charge on any atom is 0.410 e. The van der Waals surface area contributed by atoms with E-state index in [4.69, 9.17) is 4.74 Å². The molecule has 2 fully saturated rings. The third-order valence-electron chi connectivity index (χ3n) is 4.08. The number of piperidine rings is 1. The highest BCUT2D eigenvalue weighted by atomic mass is 16.6. The van der Waals surface area contributed by atoms with E-state index in [2.05, 4.69) is 5.32 Å². The Morgan fingerprint density at radius 2 is 1.85 bits per heavy atom. The molecule has 5 nitrogen and oxygen atoms in total. The van der Waals surface area contributed by atoms with Crippen molar-refractivity contribution < 1.29 is 14.6 Å². The van der Waals surface area contributed by atoms with Crippen LogP contribution in [0.2, 0.25) is 0 Å². The molecule has 2 atom stereocenters. The second-order valence-corrected chi connectivity index (χ2v) is 7.01. The van der Waals surface area contributed by atoms with Gasteiger partial charge in [-0.1, -0.05) is 0 Å². The van der Waals surface area contributed by atoms with Crippen LogP contribution < -0.4 is 5.32 Å². The standard InChI is InChI=1S/C15H28N2O3/c1-15(2,3)20-14(19)17-9-7-11(8-10-17)16-12-5-4-6-13(12)18/h11-13,16,18H,4-10H2,1-3H3/t12-,13-/m1/s1. The third-order valence-corrected chi connectivity index (χ3v) is 4.08. The first kappa shape index (κ1) is 15.6. The number of amides is 1. The molecule has 2 rings (SSSR count). The van der Waals surface area contributed by atoms with Gasteiger partial charge in [0.15, 0.2) is 0 Å². The van der Waals surface area contributed by atoms with Crippen LogP contribution in [0.1, 0.15) is 52.9 Å². The molecule has 0 radical (unpaired) electrons. The zero-order valence-corrected chi connectivity index (χ0v) is 12.9. The van der Waals surface area contributed by atoms with Gasteiger partial charge >= 0.3 is 6.09 Å². The van der Waals surface area contributed by atoms with Gasteiger partial charge in [-0.2, -0.15) is 0 Å². The summed E-state index contributed by atoms with van der Waals surface area (Å²) < 4.78 is 5.39. The van der Waals surface area contributed by atoms with E-state index in [0.29, 0.717) is 6.04 Å². The van der Waals surface area contributed by atoms with Gasteiger partial charge in [-0.25, -0.2) is 4.79 Å². The number of nitrogens with one attached hydrogen (secondary N) is 1. The van der Waals surface area contributed by atoms with Crippen molar-refractivity contribution in [2.45, 2.75) is 76.7 Å². The summed E-state index contributed by atoms with van der Waals surface area (Å²) in [7, 11) is 0. The summed E-state index contributed by atoms with van der Waals surface area (Å²) in [4.78, 5) is 13.7. The van der Waals surface area contributed by atoms with Crippen LogP contribution in [0, 0.1) is 0 Å². The van der Waals surface area contributed by atoms with Crippen molar-refractivity contribution in [1.29, 1.82) is 0 Å². The molecule has 1 aliphatic carbocycles. The molecule has 1 saturated carbocycles. The molecule has 0 aromatic heterocycles. The highest BCUT2D eigenvalue weighted by Gasteiger charge is 2.31. The Kier molecular flexibility index (Phi) is 4.91. The maximum atomic E-state index is 12.0. The van der Waals surface area contributed by atoms with E-state index < -0.39 is 5.60 Å². The first-order valence-electron chi connectivity index (χ1n) is 7.77. The predicted octanol–water partition coefficient (Wildman–Crippen LogP) is 1.89. The van der Waals surface area contributed by atoms with E-state index >= 15 is 0 Å². The molecule has 116 valence electrons. The van der Waals surface area contributed by atoms with E-state index in [-0.39, 0.29) is 18.2 Å². The molecular formula is C15H28N2O3. The molecule has 0 aromatic rings. The summed E-state index contributed by atoms with van der Waals surface area (Å²) in [5, 5.41) is 13.4. The smallest absolute Gasteiger partial charge is 0.410 e. The number of ether oxygens (including phenoxy) is 1. The lowest BCUT2D eigenvalue weighted by atomic mass is 10.0. The van der Waals surface area contributed by atoms with Gasteiger partial charge in [0.05, 0.1) is 6.10 Å². The minimum absolute atomic E-state index is 0.195. The second-order valence-electron chi connectivity index (χ2n) is 7.01. The van der Waals surface area contributed by atoms with Gasteiger partial charge in [0.1, 0.15) is 5.60 Å². The third kappa shape index (κ3) is 4.35. The van der Waals surface area contributed by atoms with Crippen LogP contribution in [-0.4, -0.2) is 53.0 Å². The van der Waals surface area contributed by atoms with E-state index in [0.717, 1.165) is 45.2 Å². The first-order valence-corrected chi connectivity index (χ1v) is 7.77. The minimum atomic E-state index is -0.430. The average Bonchev–Trinajstić information content (AvgIpc) is 2.74. The Hall–Kier alpha value is -0.810. The number of hydrogen-bond acceptors (Lipinski definition) is 4. The van der Waals surface area contributed by atoms with Crippen LogP contribution in [-0.2, 0) is 4.74 Å². The van der Waals surface area contributed by atoms with Crippen LogP contribution in [0.3, 0.4) is 0 Å². The number of rotatable bonds is 2. The normalized spacial score (nSPS) is 28.7. The molecule has 2 aliphatic rings. The van der Waals surface area contributed by atoms with Crippen molar-refractivity contribution in [2.24, 2.45) is 0 Å². The van der Waals surface area contributed by atoms with Gasteiger partial charge in [-0.3, -0.25) is 0 Å². The van der Waals surface area contributed by atoms with Crippen molar-refractivity contribution in [2.75, 3.05) is 13.1 Å². The largest absolute Gasteiger partial charge is 0.444 e. The maximum absolute atomic E-state index is 12.0. The summed E-state index contributed by atoms with van der Waals surface area (Å²) in [5.74, 6) is 0. The minimum Gasteiger partial charge on any atom is -0.444 e. The predicted molar refractivity (Wildman–Crippen MR) is 77.6 cm³/mol. The van der Waals surface area contributed by atoms with E-state index in [1.54, 1.807) is 4.90 Å². The zero-order chi connectivity index (χ0) is 14.8. The molecule has 0 unspecified atom stereocenters. The topological polar surface area (TPSA) is 61.8 Å².